The van der Waals surface area contributed by atoms with E-state index in [0.29, 0.717) is 22.7 Å². The molecule has 1 aromatic carbocycles. The molecule has 0 bridgehead atoms. The lowest BCUT2D eigenvalue weighted by Gasteiger charge is -2.30. The van der Waals surface area contributed by atoms with Crippen LogP contribution >= 0.6 is 0 Å². The minimum absolute atomic E-state index is 0.108. The number of aliphatic imine (C=N–C) groups is 1. The molecule has 1 fully saturated rings. The molecule has 1 atom stereocenters. The van der Waals surface area contributed by atoms with Crippen molar-refractivity contribution in [2.24, 2.45) is 10.7 Å². The van der Waals surface area contributed by atoms with E-state index in [2.05, 4.69) is 14.9 Å². The van der Waals surface area contributed by atoms with E-state index in [1.807, 2.05) is 6.07 Å². The fourth-order valence-electron chi connectivity index (χ4n) is 3.96. The average molecular weight is 396 g/mol. The second kappa shape index (κ2) is 7.91. The first kappa shape index (κ1) is 19.5. The minimum Gasteiger partial charge on any atom is -0.386 e. The largest absolute Gasteiger partial charge is 0.386 e. The van der Waals surface area contributed by atoms with Crippen LogP contribution in [0.5, 0.6) is 0 Å². The molecule has 2 aliphatic rings. The average Bonchev–Trinajstić information content (AvgIpc) is 3.24. The molecule has 1 unspecified atom stereocenters. The van der Waals surface area contributed by atoms with Crippen molar-refractivity contribution in [1.29, 1.82) is 0 Å². The van der Waals surface area contributed by atoms with Crippen LogP contribution in [0.1, 0.15) is 41.4 Å². The molecule has 7 heteroatoms. The molecule has 2 aromatic rings. The number of ketones is 1. The quantitative estimate of drug-likeness (QED) is 0.786. The van der Waals surface area contributed by atoms with Gasteiger partial charge in [-0.05, 0) is 49.6 Å². The van der Waals surface area contributed by atoms with Crippen molar-refractivity contribution < 1.29 is 13.9 Å². The topological polar surface area (TPSA) is 80.8 Å². The molecule has 4 rings (SSSR count). The molecule has 0 spiro atoms. The number of amidine groups is 1. The smallest absolute Gasteiger partial charge is 0.185 e. The summed E-state index contributed by atoms with van der Waals surface area (Å²) in [7, 11) is 0. The second-order valence-corrected chi connectivity index (χ2v) is 7.88. The van der Waals surface area contributed by atoms with Crippen molar-refractivity contribution in [3.05, 3.63) is 59.2 Å². The Morgan fingerprint density at radius 1 is 1.28 bits per heavy atom. The highest BCUT2D eigenvalue weighted by atomic mass is 19.1. The fraction of sp³-hybridized carbons (Fsp3) is 0.409. The number of nitrogens with two attached hydrogens (primary N) is 1. The van der Waals surface area contributed by atoms with Gasteiger partial charge in [-0.3, -0.25) is 14.8 Å². The van der Waals surface area contributed by atoms with Crippen molar-refractivity contribution in [2.45, 2.75) is 31.7 Å². The summed E-state index contributed by atoms with van der Waals surface area (Å²) in [4.78, 5) is 23.7. The minimum atomic E-state index is -0.902. The first-order chi connectivity index (χ1) is 13.9. The third kappa shape index (κ3) is 4.15. The summed E-state index contributed by atoms with van der Waals surface area (Å²) in [6, 6.07) is 8.38. The van der Waals surface area contributed by atoms with E-state index in [0.717, 1.165) is 18.8 Å². The Balaban J connectivity index is 1.52. The maximum absolute atomic E-state index is 14.5. The third-order valence-electron chi connectivity index (χ3n) is 5.50. The molecule has 0 saturated carbocycles. The van der Waals surface area contributed by atoms with Crippen LogP contribution in [0, 0.1) is 5.82 Å². The molecule has 3 heterocycles. The van der Waals surface area contributed by atoms with Gasteiger partial charge in [-0.2, -0.15) is 0 Å². The van der Waals surface area contributed by atoms with Gasteiger partial charge in [0.25, 0.3) is 0 Å². The highest BCUT2D eigenvalue weighted by Gasteiger charge is 2.33. The van der Waals surface area contributed by atoms with E-state index in [1.165, 1.54) is 18.9 Å². The van der Waals surface area contributed by atoms with Gasteiger partial charge in [-0.25, -0.2) is 4.39 Å². The van der Waals surface area contributed by atoms with E-state index in [4.69, 9.17) is 10.5 Å². The number of rotatable bonds is 5. The number of anilines is 1. The highest BCUT2D eigenvalue weighted by Crippen LogP contribution is 2.31. The molecule has 1 aromatic heterocycles. The van der Waals surface area contributed by atoms with Crippen molar-refractivity contribution in [1.82, 2.24) is 4.98 Å². The number of hydrogen-bond acceptors (Lipinski definition) is 6. The van der Waals surface area contributed by atoms with Crippen LogP contribution in [-0.4, -0.2) is 42.9 Å². The molecule has 2 aliphatic heterocycles. The molecule has 152 valence electrons. The normalized spacial score (nSPS) is 21.9. The molecule has 2 N–H and O–H groups in total. The van der Waals surface area contributed by atoms with Gasteiger partial charge in [0.05, 0.1) is 18.5 Å². The van der Waals surface area contributed by atoms with Crippen molar-refractivity contribution in [2.75, 3.05) is 31.2 Å². The monoisotopic (exact) mass is 396 g/mol. The Hall–Kier alpha value is -2.80. The Morgan fingerprint density at radius 2 is 2.07 bits per heavy atom. The number of carbonyl (C=O) groups is 1. The SMILES string of the molecule is CC1(c2cc(CC(=O)c3ccc(N4CCCC4)cn3)ccc2F)COCC(N)=N1. The number of aromatic nitrogens is 1. The summed E-state index contributed by atoms with van der Waals surface area (Å²) in [6.07, 6.45) is 4.27. The Kier molecular flexibility index (Phi) is 5.32. The number of pyridine rings is 1. The van der Waals surface area contributed by atoms with Crippen LogP contribution < -0.4 is 10.6 Å². The maximum atomic E-state index is 14.5. The predicted octanol–water partition coefficient (Wildman–Crippen LogP) is 2.85. The van der Waals surface area contributed by atoms with Gasteiger partial charge in [0.15, 0.2) is 5.78 Å². The van der Waals surface area contributed by atoms with Gasteiger partial charge >= 0.3 is 0 Å². The maximum Gasteiger partial charge on any atom is 0.185 e. The van der Waals surface area contributed by atoms with Crippen LogP contribution in [0.25, 0.3) is 0 Å². The molecule has 1 saturated heterocycles. The standard InChI is InChI=1S/C22H25FN4O2/c1-22(14-29-13-21(24)26-22)17-10-15(4-6-18(17)23)11-20(28)19-7-5-16(12-25-19)27-8-2-3-9-27/h4-7,10,12H,2-3,8-9,11,13-14H2,1H3,(H2,24,26). The summed E-state index contributed by atoms with van der Waals surface area (Å²) in [5.41, 5.74) is 7.42. The summed E-state index contributed by atoms with van der Waals surface area (Å²) < 4.78 is 20.0. The first-order valence-electron chi connectivity index (χ1n) is 9.90. The molecule has 0 amide bonds. The zero-order valence-electron chi connectivity index (χ0n) is 16.5. The molecule has 0 radical (unpaired) electrons. The van der Waals surface area contributed by atoms with Crippen LogP contribution in [0.3, 0.4) is 0 Å². The van der Waals surface area contributed by atoms with E-state index in [-0.39, 0.29) is 31.2 Å². The third-order valence-corrected chi connectivity index (χ3v) is 5.50. The number of nitrogens with zero attached hydrogens (tertiary/aromatic N) is 3. The molecular formula is C22H25FN4O2. The summed E-state index contributed by atoms with van der Waals surface area (Å²) >= 11 is 0. The van der Waals surface area contributed by atoms with Crippen molar-refractivity contribution in [3.8, 4) is 0 Å². The zero-order valence-corrected chi connectivity index (χ0v) is 16.5. The predicted molar refractivity (Wildman–Crippen MR) is 110 cm³/mol. The van der Waals surface area contributed by atoms with Gasteiger partial charge in [0.2, 0.25) is 0 Å². The molecule has 29 heavy (non-hydrogen) atoms. The van der Waals surface area contributed by atoms with E-state index in [1.54, 1.807) is 31.3 Å². The summed E-state index contributed by atoms with van der Waals surface area (Å²) in [5, 5.41) is 0. The lowest BCUT2D eigenvalue weighted by molar-refractivity contribution is 0.0987. The van der Waals surface area contributed by atoms with Crippen molar-refractivity contribution in [3.63, 3.8) is 0 Å². The van der Waals surface area contributed by atoms with Gasteiger partial charge < -0.3 is 15.4 Å². The van der Waals surface area contributed by atoms with Gasteiger partial charge in [-0.1, -0.05) is 6.07 Å². The van der Waals surface area contributed by atoms with Crippen LogP contribution in [0.4, 0.5) is 10.1 Å². The lowest BCUT2D eigenvalue weighted by atomic mass is 9.90. The number of benzene rings is 1. The Bertz CT molecular complexity index is 938. The van der Waals surface area contributed by atoms with Crippen LogP contribution in [-0.2, 0) is 16.7 Å². The van der Waals surface area contributed by atoms with Crippen molar-refractivity contribution >= 4 is 17.3 Å². The Morgan fingerprint density at radius 3 is 2.76 bits per heavy atom. The van der Waals surface area contributed by atoms with Gasteiger partial charge in [0, 0.05) is 25.1 Å². The van der Waals surface area contributed by atoms with E-state index >= 15 is 0 Å². The number of hydrogen-bond donors (Lipinski definition) is 1. The lowest BCUT2D eigenvalue weighted by Crippen LogP contribution is -2.38. The number of Topliss-reactive ketones (excluding diaryl/α,β-unsaturated/α-hetero) is 1. The van der Waals surface area contributed by atoms with Crippen LogP contribution in [0.15, 0.2) is 41.5 Å². The highest BCUT2D eigenvalue weighted by molar-refractivity contribution is 5.96. The summed E-state index contributed by atoms with van der Waals surface area (Å²) in [6.45, 7) is 4.32. The van der Waals surface area contributed by atoms with Gasteiger partial charge in [-0.15, -0.1) is 0 Å². The fourth-order valence-corrected chi connectivity index (χ4v) is 3.96. The summed E-state index contributed by atoms with van der Waals surface area (Å²) in [5.74, 6) is -0.163. The Labute approximate surface area is 169 Å². The van der Waals surface area contributed by atoms with Crippen LogP contribution in [0.2, 0.25) is 0 Å². The van der Waals surface area contributed by atoms with E-state index in [9.17, 15) is 9.18 Å². The van der Waals surface area contributed by atoms with Gasteiger partial charge in [0.1, 0.15) is 29.5 Å². The molecule has 6 nitrogen and oxygen atoms in total. The molecule has 0 aliphatic carbocycles. The molecular weight excluding hydrogens is 371 g/mol. The number of carbonyl (C=O) groups excluding carboxylic acids is 1. The second-order valence-electron chi connectivity index (χ2n) is 7.88. The number of ether oxygens (including phenoxy) is 1. The zero-order chi connectivity index (χ0) is 20.4. The number of halogens is 1. The van der Waals surface area contributed by atoms with E-state index < -0.39 is 5.54 Å². The first-order valence-corrected chi connectivity index (χ1v) is 9.90.